The molecule has 1 unspecified atom stereocenters. The van der Waals surface area contributed by atoms with Gasteiger partial charge in [-0.15, -0.1) is 0 Å². The lowest BCUT2D eigenvalue weighted by atomic mass is 9.83. The molecule has 2 nitrogen and oxygen atoms in total. The lowest BCUT2D eigenvalue weighted by Gasteiger charge is -2.26. The van der Waals surface area contributed by atoms with Crippen LogP contribution in [0.15, 0.2) is 12.1 Å². The highest BCUT2D eigenvalue weighted by Crippen LogP contribution is 2.40. The molecule has 0 aromatic heterocycles. The smallest absolute Gasteiger partial charge is 0.128 e. The normalized spacial score (nSPS) is 19.9. The molecule has 1 atom stereocenters. The molecule has 0 bridgehead atoms. The van der Waals surface area contributed by atoms with E-state index in [1.54, 1.807) is 0 Å². The fourth-order valence-corrected chi connectivity index (χ4v) is 2.49. The first-order chi connectivity index (χ1) is 8.43. The van der Waals surface area contributed by atoms with Gasteiger partial charge in [0.2, 0.25) is 0 Å². The Morgan fingerprint density at radius 2 is 2.06 bits per heavy atom. The van der Waals surface area contributed by atoms with Gasteiger partial charge in [0, 0.05) is 11.1 Å². The number of hydrogen-bond acceptors (Lipinski definition) is 2. The Kier molecular flexibility index (Phi) is 3.67. The van der Waals surface area contributed by atoms with Gasteiger partial charge < -0.3 is 9.84 Å². The van der Waals surface area contributed by atoms with Gasteiger partial charge in [-0.1, -0.05) is 33.8 Å². The van der Waals surface area contributed by atoms with Crippen molar-refractivity contribution in [2.75, 3.05) is 6.61 Å². The molecule has 1 N–H and O–H groups in total. The zero-order valence-electron chi connectivity index (χ0n) is 11.9. The maximum absolute atomic E-state index is 10.3. The van der Waals surface area contributed by atoms with E-state index in [0.29, 0.717) is 6.61 Å². The standard InChI is InChI=1S/C16H24O2/c1-5-11-9-12-14(17)7-6-8-18-15(12)13(10-11)16(2,3)4/h9-10,14,17H,5-8H2,1-4H3. The van der Waals surface area contributed by atoms with Crippen LogP contribution in [0.4, 0.5) is 0 Å². The molecule has 0 radical (unpaired) electrons. The van der Waals surface area contributed by atoms with Crippen molar-refractivity contribution in [3.05, 3.63) is 28.8 Å². The van der Waals surface area contributed by atoms with E-state index in [2.05, 4.69) is 39.8 Å². The summed E-state index contributed by atoms with van der Waals surface area (Å²) in [5, 5.41) is 10.3. The van der Waals surface area contributed by atoms with E-state index in [9.17, 15) is 5.11 Å². The van der Waals surface area contributed by atoms with Crippen molar-refractivity contribution in [2.24, 2.45) is 0 Å². The Morgan fingerprint density at radius 1 is 1.33 bits per heavy atom. The van der Waals surface area contributed by atoms with Crippen LogP contribution < -0.4 is 4.74 Å². The highest BCUT2D eigenvalue weighted by Gasteiger charge is 2.26. The van der Waals surface area contributed by atoms with Crippen molar-refractivity contribution < 1.29 is 9.84 Å². The molecule has 0 spiro atoms. The molecule has 100 valence electrons. The number of rotatable bonds is 1. The third kappa shape index (κ3) is 2.54. The van der Waals surface area contributed by atoms with Crippen LogP contribution in [-0.4, -0.2) is 11.7 Å². The number of benzene rings is 1. The molecule has 1 aliphatic rings. The number of fused-ring (bicyclic) bond motifs is 1. The van der Waals surface area contributed by atoms with E-state index < -0.39 is 0 Å². The van der Waals surface area contributed by atoms with Crippen LogP contribution in [0.1, 0.15) is 63.3 Å². The molecule has 18 heavy (non-hydrogen) atoms. The molecule has 2 heteroatoms. The summed E-state index contributed by atoms with van der Waals surface area (Å²) in [6, 6.07) is 4.34. The Morgan fingerprint density at radius 3 is 2.67 bits per heavy atom. The zero-order valence-corrected chi connectivity index (χ0v) is 11.9. The van der Waals surface area contributed by atoms with Crippen molar-refractivity contribution in [1.82, 2.24) is 0 Å². The molecule has 0 amide bonds. The third-order valence-electron chi connectivity index (χ3n) is 3.62. The molecule has 1 heterocycles. The second kappa shape index (κ2) is 4.93. The summed E-state index contributed by atoms with van der Waals surface area (Å²) in [6.07, 6.45) is 2.32. The van der Waals surface area contributed by atoms with Crippen LogP contribution in [-0.2, 0) is 11.8 Å². The van der Waals surface area contributed by atoms with Gasteiger partial charge >= 0.3 is 0 Å². The lowest BCUT2D eigenvalue weighted by Crippen LogP contribution is -2.15. The fourth-order valence-electron chi connectivity index (χ4n) is 2.49. The van der Waals surface area contributed by atoms with Crippen LogP contribution in [0.25, 0.3) is 0 Å². The SMILES string of the molecule is CCc1cc2c(c(C(C)(C)C)c1)OCCCC2O. The maximum atomic E-state index is 10.3. The minimum absolute atomic E-state index is 0.0410. The van der Waals surface area contributed by atoms with E-state index in [-0.39, 0.29) is 11.5 Å². The van der Waals surface area contributed by atoms with E-state index in [1.807, 2.05) is 0 Å². The average Bonchev–Trinajstić information content (AvgIpc) is 2.49. The molecule has 0 saturated heterocycles. The summed E-state index contributed by atoms with van der Waals surface area (Å²) in [7, 11) is 0. The second-order valence-corrected chi connectivity index (χ2v) is 6.17. The number of ether oxygens (including phenoxy) is 1. The molecular weight excluding hydrogens is 224 g/mol. The van der Waals surface area contributed by atoms with Crippen LogP contribution in [0.2, 0.25) is 0 Å². The molecular formula is C16H24O2. The van der Waals surface area contributed by atoms with Gasteiger partial charge in [-0.3, -0.25) is 0 Å². The van der Waals surface area contributed by atoms with E-state index in [4.69, 9.17) is 4.74 Å². The quantitative estimate of drug-likeness (QED) is 0.820. The molecule has 0 fully saturated rings. The summed E-state index contributed by atoms with van der Waals surface area (Å²) in [5.74, 6) is 0.921. The summed E-state index contributed by atoms with van der Waals surface area (Å²) >= 11 is 0. The van der Waals surface area contributed by atoms with Crippen molar-refractivity contribution in [1.29, 1.82) is 0 Å². The Labute approximate surface area is 110 Å². The minimum atomic E-state index is -0.380. The predicted octanol–water partition coefficient (Wildman–Crippen LogP) is 3.75. The Balaban J connectivity index is 2.62. The van der Waals surface area contributed by atoms with Gasteiger partial charge in [0.15, 0.2) is 0 Å². The monoisotopic (exact) mass is 248 g/mol. The summed E-state index contributed by atoms with van der Waals surface area (Å²) < 4.78 is 5.92. The van der Waals surface area contributed by atoms with Crippen LogP contribution in [0.5, 0.6) is 5.75 Å². The van der Waals surface area contributed by atoms with Gasteiger partial charge in [-0.05, 0) is 36.3 Å². The topological polar surface area (TPSA) is 29.5 Å². The molecule has 0 aliphatic carbocycles. The van der Waals surface area contributed by atoms with Crippen molar-refractivity contribution in [3.63, 3.8) is 0 Å². The first kappa shape index (κ1) is 13.4. The first-order valence-electron chi connectivity index (χ1n) is 6.91. The number of hydrogen-bond donors (Lipinski definition) is 1. The van der Waals surface area contributed by atoms with E-state index in [0.717, 1.165) is 30.6 Å². The minimum Gasteiger partial charge on any atom is -0.493 e. The maximum Gasteiger partial charge on any atom is 0.128 e. The van der Waals surface area contributed by atoms with Crippen LogP contribution in [0.3, 0.4) is 0 Å². The molecule has 0 saturated carbocycles. The van der Waals surface area contributed by atoms with Gasteiger partial charge in [-0.2, -0.15) is 0 Å². The predicted molar refractivity (Wildman–Crippen MR) is 74.2 cm³/mol. The lowest BCUT2D eigenvalue weighted by molar-refractivity contribution is 0.167. The van der Waals surface area contributed by atoms with E-state index in [1.165, 1.54) is 11.1 Å². The largest absolute Gasteiger partial charge is 0.493 e. The molecule has 1 aromatic rings. The van der Waals surface area contributed by atoms with Gasteiger partial charge in [0.05, 0.1) is 12.7 Å². The third-order valence-corrected chi connectivity index (χ3v) is 3.62. The van der Waals surface area contributed by atoms with Crippen LogP contribution in [0, 0.1) is 0 Å². The molecule has 1 aromatic carbocycles. The van der Waals surface area contributed by atoms with Crippen molar-refractivity contribution in [3.8, 4) is 5.75 Å². The Hall–Kier alpha value is -1.02. The van der Waals surface area contributed by atoms with Crippen molar-refractivity contribution in [2.45, 2.75) is 58.5 Å². The van der Waals surface area contributed by atoms with Gasteiger partial charge in [0.25, 0.3) is 0 Å². The first-order valence-corrected chi connectivity index (χ1v) is 6.91. The average molecular weight is 248 g/mol. The number of aryl methyl sites for hydroxylation is 1. The van der Waals surface area contributed by atoms with Crippen LogP contribution >= 0.6 is 0 Å². The zero-order chi connectivity index (χ0) is 13.3. The highest BCUT2D eigenvalue weighted by molar-refractivity contribution is 5.49. The highest BCUT2D eigenvalue weighted by atomic mass is 16.5. The molecule has 1 aliphatic heterocycles. The summed E-state index contributed by atoms with van der Waals surface area (Å²) in [4.78, 5) is 0. The fraction of sp³-hybridized carbons (Fsp3) is 0.625. The second-order valence-electron chi connectivity index (χ2n) is 6.17. The van der Waals surface area contributed by atoms with Gasteiger partial charge in [0.1, 0.15) is 5.75 Å². The Bertz CT molecular complexity index is 429. The number of aliphatic hydroxyl groups is 1. The summed E-state index contributed by atoms with van der Waals surface area (Å²) in [5.41, 5.74) is 3.53. The summed E-state index contributed by atoms with van der Waals surface area (Å²) in [6.45, 7) is 9.45. The van der Waals surface area contributed by atoms with E-state index >= 15 is 0 Å². The number of aliphatic hydroxyl groups excluding tert-OH is 1. The van der Waals surface area contributed by atoms with Crippen molar-refractivity contribution >= 4 is 0 Å². The van der Waals surface area contributed by atoms with Gasteiger partial charge in [-0.25, -0.2) is 0 Å². The molecule has 2 rings (SSSR count).